The van der Waals surface area contributed by atoms with Crippen LogP contribution in [0.5, 0.6) is 0 Å². The van der Waals surface area contributed by atoms with Crippen molar-refractivity contribution in [1.29, 1.82) is 0 Å². The van der Waals surface area contributed by atoms with Gasteiger partial charge in [0.15, 0.2) is 0 Å². The Morgan fingerprint density at radius 1 is 1.43 bits per heavy atom. The quantitative estimate of drug-likeness (QED) is 0.494. The van der Waals surface area contributed by atoms with E-state index in [0.717, 1.165) is 16.5 Å². The van der Waals surface area contributed by atoms with Gasteiger partial charge in [0.25, 0.3) is 0 Å². The second kappa shape index (κ2) is 4.84. The van der Waals surface area contributed by atoms with E-state index in [-0.39, 0.29) is 5.28 Å². The molecule has 14 heavy (non-hydrogen) atoms. The minimum absolute atomic E-state index is 0.267. The van der Waals surface area contributed by atoms with E-state index in [1.54, 1.807) is 11.8 Å². The Labute approximate surface area is 93.5 Å². The van der Waals surface area contributed by atoms with Crippen LogP contribution in [0, 0.1) is 12.8 Å². The highest BCUT2D eigenvalue weighted by Crippen LogP contribution is 2.27. The van der Waals surface area contributed by atoms with Crippen LogP contribution in [-0.2, 0) is 0 Å². The molecule has 0 saturated carbocycles. The number of rotatable bonds is 3. The summed E-state index contributed by atoms with van der Waals surface area (Å²) in [7, 11) is 0. The third-order valence-corrected chi connectivity index (χ3v) is 3.21. The van der Waals surface area contributed by atoms with Crippen molar-refractivity contribution in [2.75, 3.05) is 11.5 Å². The molecule has 1 aromatic heterocycles. The average Bonchev–Trinajstić information content (AvgIpc) is 2.08. The van der Waals surface area contributed by atoms with E-state index in [1.165, 1.54) is 0 Å². The van der Waals surface area contributed by atoms with Crippen molar-refractivity contribution in [2.24, 2.45) is 5.92 Å². The first kappa shape index (κ1) is 11.6. The maximum absolute atomic E-state index is 5.83. The van der Waals surface area contributed by atoms with E-state index in [0.29, 0.717) is 11.6 Å². The fraction of sp³-hybridized carbons (Fsp3) is 0.556. The lowest BCUT2D eigenvalue weighted by Crippen LogP contribution is -2.01. The highest BCUT2D eigenvalue weighted by atomic mass is 35.5. The number of hydrogen-bond donors (Lipinski definition) is 1. The first-order chi connectivity index (χ1) is 6.50. The Morgan fingerprint density at radius 3 is 2.64 bits per heavy atom. The van der Waals surface area contributed by atoms with Gasteiger partial charge in [0.1, 0.15) is 5.03 Å². The summed E-state index contributed by atoms with van der Waals surface area (Å²) in [6, 6.07) is 0. The molecule has 1 aromatic rings. The molecule has 0 spiro atoms. The molecule has 0 amide bonds. The van der Waals surface area contributed by atoms with Crippen LogP contribution in [0.3, 0.4) is 0 Å². The first-order valence-corrected chi connectivity index (χ1v) is 5.79. The fourth-order valence-corrected chi connectivity index (χ4v) is 2.08. The lowest BCUT2D eigenvalue weighted by molar-refractivity contribution is 0.749. The van der Waals surface area contributed by atoms with E-state index < -0.39 is 0 Å². The standard InChI is InChI=1S/C9H14ClN3S/c1-5(2)4-14-8-7(11)6(3)12-9(10)13-8/h5H,4,11H2,1-3H3. The van der Waals surface area contributed by atoms with Gasteiger partial charge in [0, 0.05) is 5.75 Å². The molecule has 0 aliphatic carbocycles. The maximum Gasteiger partial charge on any atom is 0.223 e. The van der Waals surface area contributed by atoms with Crippen LogP contribution in [0.1, 0.15) is 19.5 Å². The molecule has 0 bridgehead atoms. The molecular weight excluding hydrogens is 218 g/mol. The van der Waals surface area contributed by atoms with Crippen molar-refractivity contribution in [3.8, 4) is 0 Å². The summed E-state index contributed by atoms with van der Waals surface area (Å²) in [5.41, 5.74) is 7.22. The largest absolute Gasteiger partial charge is 0.395 e. The highest BCUT2D eigenvalue weighted by molar-refractivity contribution is 7.99. The Balaban J connectivity index is 2.85. The molecule has 0 atom stereocenters. The van der Waals surface area contributed by atoms with E-state index in [1.807, 2.05) is 6.92 Å². The lowest BCUT2D eigenvalue weighted by atomic mass is 10.3. The SMILES string of the molecule is Cc1nc(Cl)nc(SCC(C)C)c1N. The van der Waals surface area contributed by atoms with Gasteiger partial charge in [0.05, 0.1) is 11.4 Å². The van der Waals surface area contributed by atoms with E-state index in [9.17, 15) is 0 Å². The third-order valence-electron chi connectivity index (χ3n) is 1.63. The van der Waals surface area contributed by atoms with Crippen LogP contribution in [0.4, 0.5) is 5.69 Å². The highest BCUT2D eigenvalue weighted by Gasteiger charge is 2.08. The van der Waals surface area contributed by atoms with Crippen LogP contribution >= 0.6 is 23.4 Å². The molecule has 0 aromatic carbocycles. The third kappa shape index (κ3) is 3.03. The maximum atomic E-state index is 5.83. The van der Waals surface area contributed by atoms with Crippen LogP contribution in [0.2, 0.25) is 5.28 Å². The van der Waals surface area contributed by atoms with Gasteiger partial charge in [-0.1, -0.05) is 13.8 Å². The van der Waals surface area contributed by atoms with Gasteiger partial charge < -0.3 is 5.73 Å². The summed E-state index contributed by atoms with van der Waals surface area (Å²) in [5.74, 6) is 1.59. The minimum Gasteiger partial charge on any atom is -0.395 e. The second-order valence-corrected chi connectivity index (χ2v) is 4.85. The lowest BCUT2D eigenvalue weighted by Gasteiger charge is -2.08. The molecule has 0 radical (unpaired) electrons. The van der Waals surface area contributed by atoms with Gasteiger partial charge in [-0.25, -0.2) is 9.97 Å². The van der Waals surface area contributed by atoms with Crippen molar-refractivity contribution in [3.63, 3.8) is 0 Å². The Hall–Kier alpha value is -0.480. The second-order valence-electron chi connectivity index (χ2n) is 3.50. The van der Waals surface area contributed by atoms with Crippen molar-refractivity contribution in [1.82, 2.24) is 9.97 Å². The predicted octanol–water partition coefficient (Wildman–Crippen LogP) is 2.77. The van der Waals surface area contributed by atoms with Crippen LogP contribution in [0.25, 0.3) is 0 Å². The Morgan fingerprint density at radius 2 is 2.07 bits per heavy atom. The minimum atomic E-state index is 0.267. The summed E-state index contributed by atoms with van der Waals surface area (Å²) in [6.45, 7) is 6.14. The number of nitrogen functional groups attached to an aromatic ring is 1. The summed E-state index contributed by atoms with van der Waals surface area (Å²) in [4.78, 5) is 8.07. The van der Waals surface area contributed by atoms with Gasteiger partial charge >= 0.3 is 0 Å². The zero-order valence-electron chi connectivity index (χ0n) is 8.54. The number of hydrogen-bond acceptors (Lipinski definition) is 4. The smallest absolute Gasteiger partial charge is 0.223 e. The summed E-state index contributed by atoms with van der Waals surface area (Å²) >= 11 is 7.37. The van der Waals surface area contributed by atoms with Gasteiger partial charge in [-0.2, -0.15) is 0 Å². The monoisotopic (exact) mass is 231 g/mol. The molecule has 0 unspecified atom stereocenters. The van der Waals surface area contributed by atoms with Crippen LogP contribution in [-0.4, -0.2) is 15.7 Å². The predicted molar refractivity (Wildman–Crippen MR) is 61.8 cm³/mol. The number of anilines is 1. The van der Waals surface area contributed by atoms with E-state index >= 15 is 0 Å². The molecule has 0 aliphatic rings. The topological polar surface area (TPSA) is 51.8 Å². The zero-order valence-corrected chi connectivity index (χ0v) is 10.1. The Kier molecular flexibility index (Phi) is 4.01. The number of thioether (sulfide) groups is 1. The summed E-state index contributed by atoms with van der Waals surface area (Å²) < 4.78 is 0. The van der Waals surface area contributed by atoms with Crippen molar-refractivity contribution in [2.45, 2.75) is 25.8 Å². The number of aryl methyl sites for hydroxylation is 1. The zero-order chi connectivity index (χ0) is 10.7. The van der Waals surface area contributed by atoms with Gasteiger partial charge in [-0.3, -0.25) is 0 Å². The van der Waals surface area contributed by atoms with Crippen LogP contribution < -0.4 is 5.73 Å². The molecule has 0 fully saturated rings. The van der Waals surface area contributed by atoms with Gasteiger partial charge in [-0.05, 0) is 24.4 Å². The molecule has 1 heterocycles. The number of aromatic nitrogens is 2. The van der Waals surface area contributed by atoms with Crippen molar-refractivity contribution in [3.05, 3.63) is 11.0 Å². The molecule has 1 rings (SSSR count). The summed E-state index contributed by atoms with van der Waals surface area (Å²) in [5, 5.41) is 1.05. The first-order valence-electron chi connectivity index (χ1n) is 4.43. The van der Waals surface area contributed by atoms with Gasteiger partial charge in [-0.15, -0.1) is 11.8 Å². The molecule has 78 valence electrons. The summed E-state index contributed by atoms with van der Waals surface area (Å²) in [6.07, 6.45) is 0. The number of halogens is 1. The molecule has 2 N–H and O–H groups in total. The van der Waals surface area contributed by atoms with Crippen molar-refractivity contribution >= 4 is 29.1 Å². The van der Waals surface area contributed by atoms with Gasteiger partial charge in [0.2, 0.25) is 5.28 Å². The normalized spacial score (nSPS) is 10.9. The molecular formula is C9H14ClN3S. The molecule has 3 nitrogen and oxygen atoms in total. The molecule has 0 saturated heterocycles. The number of nitrogens with zero attached hydrogens (tertiary/aromatic N) is 2. The van der Waals surface area contributed by atoms with Crippen LogP contribution in [0.15, 0.2) is 5.03 Å². The molecule has 5 heteroatoms. The van der Waals surface area contributed by atoms with E-state index in [4.69, 9.17) is 17.3 Å². The number of nitrogens with two attached hydrogens (primary N) is 1. The van der Waals surface area contributed by atoms with Crippen molar-refractivity contribution < 1.29 is 0 Å². The fourth-order valence-electron chi connectivity index (χ4n) is 0.878. The molecule has 0 aliphatic heterocycles. The Bertz CT molecular complexity index is 328. The average molecular weight is 232 g/mol. The van der Waals surface area contributed by atoms with E-state index in [2.05, 4.69) is 23.8 Å².